The van der Waals surface area contributed by atoms with Crippen molar-refractivity contribution in [2.45, 2.75) is 6.92 Å². The number of benzene rings is 2. The minimum atomic E-state index is -1.63. The molecule has 0 radical (unpaired) electrons. The lowest BCUT2D eigenvalue weighted by molar-refractivity contribution is 0.102. The third-order valence-electron chi connectivity index (χ3n) is 3.12. The smallest absolute Gasteiger partial charge is 0.255 e. The van der Waals surface area contributed by atoms with Gasteiger partial charge in [0.15, 0.2) is 17.5 Å². The molecule has 0 saturated carbocycles. The van der Waals surface area contributed by atoms with Gasteiger partial charge in [-0.1, -0.05) is 12.1 Å². The van der Waals surface area contributed by atoms with E-state index in [4.69, 9.17) is 11.5 Å². The van der Waals surface area contributed by atoms with Gasteiger partial charge in [0, 0.05) is 11.3 Å². The van der Waals surface area contributed by atoms with Crippen molar-refractivity contribution in [3.8, 4) is 0 Å². The van der Waals surface area contributed by atoms with Crippen LogP contribution in [-0.4, -0.2) is 17.6 Å². The molecule has 9 heteroatoms. The molecule has 25 heavy (non-hydrogen) atoms. The number of nitrogens with zero attached hydrogens (tertiary/aromatic N) is 2. The Morgan fingerprint density at radius 2 is 1.52 bits per heavy atom. The minimum absolute atomic E-state index is 0.179. The average Bonchev–Trinajstić information content (AvgIpc) is 2.57. The standard InChI is InChI=1S/C16H14F3N5O/c1-8(23-24-16(20)21)9-2-4-11(5-3-9)22-15(25)10-6-12(17)14(19)13(18)7-10/h2-7H,1H3,(H,22,25)(H4,20,21,24)/b23-8+. The Morgan fingerprint density at radius 1 is 0.960 bits per heavy atom. The van der Waals surface area contributed by atoms with Crippen LogP contribution in [0.15, 0.2) is 46.6 Å². The number of hydrogen-bond donors (Lipinski definition) is 3. The van der Waals surface area contributed by atoms with Crippen LogP contribution in [0.5, 0.6) is 0 Å². The monoisotopic (exact) mass is 349 g/mol. The maximum absolute atomic E-state index is 13.2. The fourth-order valence-electron chi connectivity index (χ4n) is 1.88. The first-order chi connectivity index (χ1) is 11.8. The van der Waals surface area contributed by atoms with Gasteiger partial charge in [-0.15, -0.1) is 5.10 Å². The summed E-state index contributed by atoms with van der Waals surface area (Å²) < 4.78 is 39.3. The molecule has 0 aromatic heterocycles. The Labute approximate surface area is 141 Å². The minimum Gasteiger partial charge on any atom is -0.369 e. The van der Waals surface area contributed by atoms with Crippen molar-refractivity contribution in [2.75, 3.05) is 5.32 Å². The number of rotatable bonds is 4. The predicted octanol–water partition coefficient (Wildman–Crippen LogP) is 2.35. The number of guanidine groups is 1. The summed E-state index contributed by atoms with van der Waals surface area (Å²) in [6, 6.07) is 7.63. The number of hydrogen-bond acceptors (Lipinski definition) is 3. The molecule has 0 aliphatic rings. The van der Waals surface area contributed by atoms with E-state index in [0.29, 0.717) is 29.1 Å². The summed E-state index contributed by atoms with van der Waals surface area (Å²) in [5, 5.41) is 9.78. The molecular formula is C16H14F3N5O. The number of amides is 1. The lowest BCUT2D eigenvalue weighted by atomic mass is 10.1. The van der Waals surface area contributed by atoms with Crippen molar-refractivity contribution in [3.05, 3.63) is 65.0 Å². The van der Waals surface area contributed by atoms with E-state index in [-0.39, 0.29) is 11.5 Å². The van der Waals surface area contributed by atoms with Gasteiger partial charge < -0.3 is 16.8 Å². The first-order valence-corrected chi connectivity index (χ1v) is 6.97. The van der Waals surface area contributed by atoms with E-state index in [1.54, 1.807) is 31.2 Å². The van der Waals surface area contributed by atoms with Crippen LogP contribution in [-0.2, 0) is 0 Å². The van der Waals surface area contributed by atoms with Gasteiger partial charge in [-0.25, -0.2) is 13.2 Å². The van der Waals surface area contributed by atoms with Crippen molar-refractivity contribution in [1.82, 2.24) is 0 Å². The van der Waals surface area contributed by atoms with Crippen LogP contribution in [0.4, 0.5) is 18.9 Å². The highest BCUT2D eigenvalue weighted by Gasteiger charge is 2.15. The molecule has 1 amide bonds. The van der Waals surface area contributed by atoms with Crippen molar-refractivity contribution in [3.63, 3.8) is 0 Å². The highest BCUT2D eigenvalue weighted by Crippen LogP contribution is 2.16. The van der Waals surface area contributed by atoms with Crippen LogP contribution in [0.1, 0.15) is 22.8 Å². The van der Waals surface area contributed by atoms with Gasteiger partial charge in [0.25, 0.3) is 5.91 Å². The summed E-state index contributed by atoms with van der Waals surface area (Å²) in [7, 11) is 0. The van der Waals surface area contributed by atoms with Crippen molar-refractivity contribution < 1.29 is 18.0 Å². The summed E-state index contributed by atoms with van der Waals surface area (Å²) in [6.45, 7) is 1.68. The van der Waals surface area contributed by atoms with Gasteiger partial charge in [0.2, 0.25) is 5.96 Å². The molecule has 130 valence electrons. The van der Waals surface area contributed by atoms with Crippen LogP contribution in [0.25, 0.3) is 0 Å². The van der Waals surface area contributed by atoms with E-state index >= 15 is 0 Å². The summed E-state index contributed by atoms with van der Waals surface area (Å²) in [5.41, 5.74) is 11.6. The maximum atomic E-state index is 13.2. The van der Waals surface area contributed by atoms with E-state index < -0.39 is 23.4 Å². The molecule has 0 fully saturated rings. The lowest BCUT2D eigenvalue weighted by Crippen LogP contribution is -2.22. The largest absolute Gasteiger partial charge is 0.369 e. The SMILES string of the molecule is C/C(=N\N=C(N)N)c1ccc(NC(=O)c2cc(F)c(F)c(F)c2)cc1. The predicted molar refractivity (Wildman–Crippen MR) is 88.7 cm³/mol. The summed E-state index contributed by atoms with van der Waals surface area (Å²) in [4.78, 5) is 12.0. The number of nitrogens with two attached hydrogens (primary N) is 2. The quantitative estimate of drug-likeness (QED) is 0.341. The third kappa shape index (κ3) is 4.56. The zero-order valence-corrected chi connectivity index (χ0v) is 13.1. The first kappa shape index (κ1) is 18.0. The molecule has 0 aliphatic carbocycles. The average molecular weight is 349 g/mol. The molecule has 0 unspecified atom stereocenters. The second-order valence-corrected chi connectivity index (χ2v) is 5.00. The molecule has 2 aromatic rings. The molecular weight excluding hydrogens is 335 g/mol. The van der Waals surface area contributed by atoms with Crippen LogP contribution in [0.2, 0.25) is 0 Å². The molecule has 0 saturated heterocycles. The van der Waals surface area contributed by atoms with E-state index in [1.807, 2.05) is 0 Å². The molecule has 5 N–H and O–H groups in total. The number of anilines is 1. The fourth-order valence-corrected chi connectivity index (χ4v) is 1.88. The maximum Gasteiger partial charge on any atom is 0.255 e. The van der Waals surface area contributed by atoms with Gasteiger partial charge in [-0.2, -0.15) is 5.10 Å². The topological polar surface area (TPSA) is 106 Å². The molecule has 0 heterocycles. The zero-order chi connectivity index (χ0) is 18.6. The Bertz CT molecular complexity index is 836. The van der Waals surface area contributed by atoms with E-state index in [2.05, 4.69) is 15.5 Å². The normalized spacial score (nSPS) is 11.1. The summed E-state index contributed by atoms with van der Waals surface area (Å²) >= 11 is 0. The molecule has 0 bridgehead atoms. The Kier molecular flexibility index (Phi) is 5.38. The van der Waals surface area contributed by atoms with Crippen molar-refractivity contribution in [2.24, 2.45) is 21.7 Å². The van der Waals surface area contributed by atoms with Gasteiger partial charge in [0.1, 0.15) is 0 Å². The Balaban J connectivity index is 2.15. The Hall–Kier alpha value is -3.36. The van der Waals surface area contributed by atoms with E-state index in [9.17, 15) is 18.0 Å². The van der Waals surface area contributed by atoms with E-state index in [1.165, 1.54) is 0 Å². The number of carbonyl (C=O) groups excluding carboxylic acids is 1. The van der Waals surface area contributed by atoms with Gasteiger partial charge in [-0.05, 0) is 36.8 Å². The van der Waals surface area contributed by atoms with Crippen LogP contribution in [0, 0.1) is 17.5 Å². The number of nitrogens with one attached hydrogen (secondary N) is 1. The second kappa shape index (κ2) is 7.47. The first-order valence-electron chi connectivity index (χ1n) is 6.97. The van der Waals surface area contributed by atoms with Gasteiger partial charge in [0.05, 0.1) is 5.71 Å². The van der Waals surface area contributed by atoms with Crippen molar-refractivity contribution >= 4 is 23.3 Å². The highest BCUT2D eigenvalue weighted by molar-refractivity contribution is 6.05. The molecule has 2 aromatic carbocycles. The van der Waals surface area contributed by atoms with Crippen LogP contribution < -0.4 is 16.8 Å². The van der Waals surface area contributed by atoms with Crippen LogP contribution >= 0.6 is 0 Å². The highest BCUT2D eigenvalue weighted by atomic mass is 19.2. The molecule has 2 rings (SSSR count). The van der Waals surface area contributed by atoms with Crippen molar-refractivity contribution in [1.29, 1.82) is 0 Å². The number of carbonyl (C=O) groups is 1. The molecule has 6 nitrogen and oxygen atoms in total. The summed E-state index contributed by atoms with van der Waals surface area (Å²) in [5.74, 6) is -5.46. The van der Waals surface area contributed by atoms with E-state index in [0.717, 1.165) is 0 Å². The van der Waals surface area contributed by atoms with Crippen LogP contribution in [0.3, 0.4) is 0 Å². The molecule has 0 atom stereocenters. The zero-order valence-electron chi connectivity index (χ0n) is 13.1. The number of halogens is 3. The lowest BCUT2D eigenvalue weighted by Gasteiger charge is -2.07. The third-order valence-corrected chi connectivity index (χ3v) is 3.12. The molecule has 0 spiro atoms. The molecule has 0 aliphatic heterocycles. The van der Waals surface area contributed by atoms with Gasteiger partial charge in [-0.3, -0.25) is 4.79 Å². The van der Waals surface area contributed by atoms with Gasteiger partial charge >= 0.3 is 0 Å². The summed E-state index contributed by atoms with van der Waals surface area (Å²) in [6.07, 6.45) is 0. The fraction of sp³-hybridized carbons (Fsp3) is 0.0625. The Morgan fingerprint density at radius 3 is 2.04 bits per heavy atom. The second-order valence-electron chi connectivity index (χ2n) is 5.00.